The van der Waals surface area contributed by atoms with Gasteiger partial charge in [-0.05, 0) is 48.9 Å². The molecule has 10 heteroatoms. The number of ether oxygens (including phenoxy) is 4. The molecule has 2 amide bonds. The minimum atomic E-state index is -0.429. The lowest BCUT2D eigenvalue weighted by Crippen LogP contribution is -2.50. The van der Waals surface area contributed by atoms with Crippen molar-refractivity contribution < 1.29 is 33.0 Å². The van der Waals surface area contributed by atoms with Crippen LogP contribution in [0.15, 0.2) is 65.3 Å². The summed E-state index contributed by atoms with van der Waals surface area (Å²) in [7, 11) is 3.25. The fourth-order valence-electron chi connectivity index (χ4n) is 4.37. The van der Waals surface area contributed by atoms with Crippen LogP contribution in [0.1, 0.15) is 23.0 Å². The summed E-state index contributed by atoms with van der Waals surface area (Å²) in [5.41, 5.74) is 2.11. The van der Waals surface area contributed by atoms with Gasteiger partial charge >= 0.3 is 6.09 Å². The Morgan fingerprint density at radius 1 is 0.897 bits per heavy atom. The lowest BCUT2D eigenvalue weighted by atomic mass is 10.1. The highest BCUT2D eigenvalue weighted by atomic mass is 16.6. The van der Waals surface area contributed by atoms with E-state index in [1.165, 1.54) is 6.26 Å². The van der Waals surface area contributed by atoms with Crippen molar-refractivity contribution in [1.29, 1.82) is 0 Å². The van der Waals surface area contributed by atoms with Gasteiger partial charge in [0.1, 0.15) is 19.0 Å². The van der Waals surface area contributed by atoms with Crippen LogP contribution in [0.2, 0.25) is 0 Å². The van der Waals surface area contributed by atoms with Crippen LogP contribution in [-0.4, -0.2) is 82.0 Å². The Balaban J connectivity index is 1.26. The summed E-state index contributed by atoms with van der Waals surface area (Å²) in [4.78, 5) is 30.4. The van der Waals surface area contributed by atoms with E-state index < -0.39 is 6.09 Å². The maximum atomic E-state index is 12.5. The Bertz CT molecular complexity index is 1220. The molecule has 0 bridgehead atoms. The number of carbonyl (C=O) groups is 2. The second-order valence-corrected chi connectivity index (χ2v) is 8.92. The first-order chi connectivity index (χ1) is 19.0. The van der Waals surface area contributed by atoms with Crippen LogP contribution in [0, 0.1) is 0 Å². The Morgan fingerprint density at radius 3 is 2.38 bits per heavy atom. The number of hydrogen-bond donors (Lipinski definition) is 0. The molecule has 10 nitrogen and oxygen atoms in total. The van der Waals surface area contributed by atoms with E-state index in [0.717, 1.165) is 23.5 Å². The zero-order chi connectivity index (χ0) is 27.6. The van der Waals surface area contributed by atoms with Crippen LogP contribution in [0.3, 0.4) is 0 Å². The van der Waals surface area contributed by atoms with Crippen molar-refractivity contribution in [2.24, 2.45) is 0 Å². The van der Waals surface area contributed by atoms with Crippen LogP contribution in [0.25, 0.3) is 0 Å². The molecule has 1 fully saturated rings. The van der Waals surface area contributed by atoms with Gasteiger partial charge in [0.25, 0.3) is 5.91 Å². The van der Waals surface area contributed by atoms with Crippen LogP contribution in [-0.2, 0) is 11.3 Å². The molecule has 39 heavy (non-hydrogen) atoms. The molecule has 1 aliphatic heterocycles. The number of carbonyl (C=O) groups excluding carboxylic acids is 2. The largest absolute Gasteiger partial charge is 0.497 e. The van der Waals surface area contributed by atoms with E-state index >= 15 is 0 Å². The molecule has 0 radical (unpaired) electrons. The Morgan fingerprint density at radius 2 is 1.69 bits per heavy atom. The van der Waals surface area contributed by atoms with Crippen molar-refractivity contribution in [3.05, 3.63) is 72.2 Å². The maximum absolute atomic E-state index is 12.5. The van der Waals surface area contributed by atoms with Crippen LogP contribution >= 0.6 is 0 Å². The third-order valence-corrected chi connectivity index (χ3v) is 6.53. The molecule has 0 unspecified atom stereocenters. The standard InChI is InChI=1S/C29H35N3O7/c1-4-30(23-7-5-8-24(20-23)35-2)21-22-10-11-25(36-3)27(19-22)38-17-18-39-29(34)32-14-12-31(13-15-32)28(33)26-9-6-16-37-26/h5-11,16,19-20H,4,12-15,17-18,21H2,1-3H3. The van der Waals surface area contributed by atoms with Gasteiger partial charge < -0.3 is 38.1 Å². The zero-order valence-electron chi connectivity index (χ0n) is 22.6. The molecule has 2 heterocycles. The summed E-state index contributed by atoms with van der Waals surface area (Å²) in [6.45, 7) is 5.47. The van der Waals surface area contributed by atoms with Crippen molar-refractivity contribution in [2.75, 3.05) is 65.1 Å². The fourth-order valence-corrected chi connectivity index (χ4v) is 4.37. The number of benzene rings is 2. The second-order valence-electron chi connectivity index (χ2n) is 8.92. The molecule has 0 atom stereocenters. The minimum Gasteiger partial charge on any atom is -0.497 e. The average molecular weight is 538 g/mol. The zero-order valence-corrected chi connectivity index (χ0v) is 22.6. The molecule has 1 aliphatic rings. The van der Waals surface area contributed by atoms with Gasteiger partial charge in [-0.3, -0.25) is 4.79 Å². The first kappa shape index (κ1) is 27.7. The molecule has 0 saturated carbocycles. The number of hydrogen-bond acceptors (Lipinski definition) is 8. The highest BCUT2D eigenvalue weighted by Gasteiger charge is 2.26. The third kappa shape index (κ3) is 7.16. The molecular formula is C29H35N3O7. The number of methoxy groups -OCH3 is 2. The van der Waals surface area contributed by atoms with Gasteiger partial charge in [-0.2, -0.15) is 0 Å². The molecule has 0 aliphatic carbocycles. The number of amides is 2. The molecule has 3 aromatic rings. The number of nitrogens with zero attached hydrogens (tertiary/aromatic N) is 3. The van der Waals surface area contributed by atoms with Gasteiger partial charge in [0.2, 0.25) is 0 Å². The van der Waals surface area contributed by atoms with E-state index in [1.54, 1.807) is 36.2 Å². The van der Waals surface area contributed by atoms with Crippen LogP contribution < -0.4 is 19.1 Å². The number of piperazine rings is 1. The topological polar surface area (TPSA) is 93.9 Å². The Labute approximate surface area is 228 Å². The van der Waals surface area contributed by atoms with E-state index in [0.29, 0.717) is 50.0 Å². The Hall–Kier alpha value is -4.34. The quantitative estimate of drug-likeness (QED) is 0.334. The van der Waals surface area contributed by atoms with E-state index in [2.05, 4.69) is 17.9 Å². The summed E-state index contributed by atoms with van der Waals surface area (Å²) in [5, 5.41) is 0. The summed E-state index contributed by atoms with van der Waals surface area (Å²) >= 11 is 0. The lowest BCUT2D eigenvalue weighted by Gasteiger charge is -2.33. The fraction of sp³-hybridized carbons (Fsp3) is 0.379. The second kappa shape index (κ2) is 13.5. The predicted molar refractivity (Wildman–Crippen MR) is 146 cm³/mol. The molecule has 1 aromatic heterocycles. The average Bonchev–Trinajstić information content (AvgIpc) is 3.53. The van der Waals surface area contributed by atoms with E-state index in [4.69, 9.17) is 23.4 Å². The normalized spacial score (nSPS) is 13.1. The molecule has 0 spiro atoms. The van der Waals surface area contributed by atoms with Gasteiger partial charge in [0.15, 0.2) is 17.3 Å². The van der Waals surface area contributed by atoms with Crippen molar-refractivity contribution in [2.45, 2.75) is 13.5 Å². The smallest absolute Gasteiger partial charge is 0.410 e. The number of rotatable bonds is 11. The molecule has 208 valence electrons. The minimum absolute atomic E-state index is 0.0860. The predicted octanol–water partition coefficient (Wildman–Crippen LogP) is 4.30. The van der Waals surface area contributed by atoms with Crippen molar-refractivity contribution in [3.63, 3.8) is 0 Å². The van der Waals surface area contributed by atoms with Crippen LogP contribution in [0.5, 0.6) is 17.2 Å². The first-order valence-corrected chi connectivity index (χ1v) is 13.0. The van der Waals surface area contributed by atoms with Gasteiger partial charge in [-0.1, -0.05) is 12.1 Å². The summed E-state index contributed by atoms with van der Waals surface area (Å²) in [6.07, 6.45) is 1.04. The van der Waals surface area contributed by atoms with E-state index in [9.17, 15) is 9.59 Å². The molecule has 2 aromatic carbocycles. The summed E-state index contributed by atoms with van der Waals surface area (Å²) in [5.74, 6) is 2.11. The first-order valence-electron chi connectivity index (χ1n) is 13.0. The monoisotopic (exact) mass is 537 g/mol. The highest BCUT2D eigenvalue weighted by Crippen LogP contribution is 2.30. The highest BCUT2D eigenvalue weighted by molar-refractivity contribution is 5.91. The van der Waals surface area contributed by atoms with Gasteiger partial charge in [-0.15, -0.1) is 0 Å². The van der Waals surface area contributed by atoms with Crippen molar-refractivity contribution in [1.82, 2.24) is 9.80 Å². The molecular weight excluding hydrogens is 502 g/mol. The molecule has 1 saturated heterocycles. The van der Waals surface area contributed by atoms with E-state index in [1.807, 2.05) is 36.4 Å². The number of anilines is 1. The third-order valence-electron chi connectivity index (χ3n) is 6.53. The SMILES string of the molecule is CCN(Cc1ccc(OC)c(OCCOC(=O)N2CCN(C(=O)c3ccco3)CC2)c1)c1cccc(OC)c1. The van der Waals surface area contributed by atoms with Gasteiger partial charge in [-0.25, -0.2) is 4.79 Å². The number of furan rings is 1. The van der Waals surface area contributed by atoms with Crippen molar-refractivity contribution >= 4 is 17.7 Å². The lowest BCUT2D eigenvalue weighted by molar-refractivity contribution is 0.0508. The summed E-state index contributed by atoms with van der Waals surface area (Å²) < 4.78 is 27.4. The summed E-state index contributed by atoms with van der Waals surface area (Å²) in [6, 6.07) is 17.1. The Kier molecular flexibility index (Phi) is 9.55. The van der Waals surface area contributed by atoms with Gasteiger partial charge in [0, 0.05) is 51.0 Å². The van der Waals surface area contributed by atoms with E-state index in [-0.39, 0.29) is 19.1 Å². The molecule has 4 rings (SSSR count). The van der Waals surface area contributed by atoms with Crippen LogP contribution in [0.4, 0.5) is 10.5 Å². The molecule has 0 N–H and O–H groups in total. The van der Waals surface area contributed by atoms with Gasteiger partial charge in [0.05, 0.1) is 20.5 Å². The van der Waals surface area contributed by atoms with Crippen molar-refractivity contribution in [3.8, 4) is 17.2 Å². The maximum Gasteiger partial charge on any atom is 0.410 e.